The highest BCUT2D eigenvalue weighted by molar-refractivity contribution is 7.22. The highest BCUT2D eigenvalue weighted by Gasteiger charge is 2.46. The minimum atomic E-state index is -0.899. The third-order valence-electron chi connectivity index (χ3n) is 6.72. The fourth-order valence-corrected chi connectivity index (χ4v) is 6.82. The average Bonchev–Trinajstić information content (AvgIpc) is 3.60. The summed E-state index contributed by atoms with van der Waals surface area (Å²) >= 11 is 2.59. The number of Topliss-reactive ketones (excluding diaryl/α,β-unsaturated/α-hetero) is 1. The van der Waals surface area contributed by atoms with Crippen LogP contribution >= 0.6 is 22.7 Å². The number of anilines is 1. The average molecular weight is 568 g/mol. The molecule has 0 saturated carbocycles. The quantitative estimate of drug-likeness (QED) is 0.212. The summed E-state index contributed by atoms with van der Waals surface area (Å²) in [4.78, 5) is 38.5. The van der Waals surface area contributed by atoms with Crippen LogP contribution in [-0.4, -0.2) is 26.8 Å². The number of hydrogen-bond acceptors (Lipinski definition) is 8. The van der Waals surface area contributed by atoms with Crippen LogP contribution in [0.1, 0.15) is 43.1 Å². The van der Waals surface area contributed by atoms with Crippen LogP contribution in [0.15, 0.2) is 84.1 Å². The van der Waals surface area contributed by atoms with E-state index < -0.39 is 23.5 Å². The van der Waals surface area contributed by atoms with Gasteiger partial charge in [0.05, 0.1) is 37.4 Å². The van der Waals surface area contributed by atoms with E-state index >= 15 is 0 Å². The van der Waals surface area contributed by atoms with Gasteiger partial charge in [-0.1, -0.05) is 59.9 Å². The summed E-state index contributed by atoms with van der Waals surface area (Å²) in [6, 6.07) is 22.1. The molecule has 6 rings (SSSR count). The number of carbonyl (C=O) groups is 2. The number of aliphatic hydroxyl groups is 1. The number of aryl methyl sites for hydroxylation is 3. The first-order chi connectivity index (χ1) is 19.3. The second-order valence-corrected chi connectivity index (χ2v) is 11.8. The van der Waals surface area contributed by atoms with Gasteiger partial charge in [0.15, 0.2) is 10.9 Å². The summed E-state index contributed by atoms with van der Waals surface area (Å²) < 4.78 is 6.97. The van der Waals surface area contributed by atoms with Crippen LogP contribution in [0.5, 0.6) is 5.75 Å². The molecular weight excluding hydrogens is 542 g/mol. The number of thiazole rings is 2. The molecule has 1 amide bonds. The van der Waals surface area contributed by atoms with Crippen molar-refractivity contribution in [1.29, 1.82) is 0 Å². The fourth-order valence-electron chi connectivity index (χ4n) is 4.85. The van der Waals surface area contributed by atoms with Crippen molar-refractivity contribution in [2.45, 2.75) is 33.4 Å². The lowest BCUT2D eigenvalue weighted by atomic mass is 9.95. The minimum Gasteiger partial charge on any atom is -0.503 e. The summed E-state index contributed by atoms with van der Waals surface area (Å²) in [6.45, 7) is 5.93. The Bertz CT molecular complexity index is 1810. The molecule has 1 aliphatic rings. The van der Waals surface area contributed by atoms with Crippen LogP contribution in [0.2, 0.25) is 0 Å². The number of fused-ring (bicyclic) bond motifs is 1. The fraction of sp³-hybridized carbons (Fsp3) is 0.161. The largest absolute Gasteiger partial charge is 0.503 e. The molecule has 3 aromatic carbocycles. The summed E-state index contributed by atoms with van der Waals surface area (Å²) in [5.74, 6) is -1.09. The Balaban J connectivity index is 1.45. The van der Waals surface area contributed by atoms with Gasteiger partial charge in [-0.15, -0.1) is 11.3 Å². The van der Waals surface area contributed by atoms with Gasteiger partial charge in [0.25, 0.3) is 5.91 Å². The molecule has 3 heterocycles. The maximum Gasteiger partial charge on any atom is 0.296 e. The summed E-state index contributed by atoms with van der Waals surface area (Å²) in [5.41, 5.74) is 4.02. The van der Waals surface area contributed by atoms with E-state index in [0.717, 1.165) is 26.4 Å². The van der Waals surface area contributed by atoms with Gasteiger partial charge in [-0.25, -0.2) is 9.97 Å². The molecule has 0 spiro atoms. The Morgan fingerprint density at radius 1 is 0.975 bits per heavy atom. The molecule has 0 bridgehead atoms. The zero-order chi connectivity index (χ0) is 28.0. The number of aliphatic hydroxyl groups excluding tert-OH is 1. The first-order valence-electron chi connectivity index (χ1n) is 12.7. The van der Waals surface area contributed by atoms with Crippen molar-refractivity contribution in [2.24, 2.45) is 0 Å². The van der Waals surface area contributed by atoms with E-state index in [1.807, 2.05) is 86.6 Å². The van der Waals surface area contributed by atoms with Crippen molar-refractivity contribution >= 4 is 49.7 Å². The van der Waals surface area contributed by atoms with E-state index in [2.05, 4.69) is 4.98 Å². The van der Waals surface area contributed by atoms with E-state index in [1.54, 1.807) is 6.92 Å². The van der Waals surface area contributed by atoms with Crippen LogP contribution < -0.4 is 9.64 Å². The topological polar surface area (TPSA) is 92.6 Å². The van der Waals surface area contributed by atoms with Crippen molar-refractivity contribution in [3.05, 3.63) is 116 Å². The Kier molecular flexibility index (Phi) is 6.69. The zero-order valence-electron chi connectivity index (χ0n) is 22.0. The third-order valence-corrected chi connectivity index (χ3v) is 8.81. The molecule has 1 atom stereocenters. The van der Waals surface area contributed by atoms with Crippen molar-refractivity contribution in [3.63, 3.8) is 0 Å². The first-order valence-corrected chi connectivity index (χ1v) is 14.3. The SMILES string of the molecule is Cc1ccc2nc(N3C(=O)C(O)=C(C(=O)c4sc(C)nc4C)C3c3cccc(OCc4ccccc4)c3)sc2c1. The minimum absolute atomic E-state index is 0.00685. The van der Waals surface area contributed by atoms with Gasteiger partial charge in [-0.05, 0) is 61.7 Å². The van der Waals surface area contributed by atoms with Gasteiger partial charge in [0, 0.05) is 0 Å². The van der Waals surface area contributed by atoms with E-state index in [9.17, 15) is 14.7 Å². The normalized spacial score (nSPS) is 15.3. The second kappa shape index (κ2) is 10.3. The number of rotatable bonds is 7. The Labute approximate surface area is 239 Å². The lowest BCUT2D eigenvalue weighted by molar-refractivity contribution is -0.117. The molecule has 1 unspecified atom stereocenters. The first kappa shape index (κ1) is 25.9. The lowest BCUT2D eigenvalue weighted by Crippen LogP contribution is -2.31. The third kappa shape index (κ3) is 4.67. The smallest absolute Gasteiger partial charge is 0.296 e. The van der Waals surface area contributed by atoms with Crippen molar-refractivity contribution in [3.8, 4) is 5.75 Å². The van der Waals surface area contributed by atoms with Gasteiger partial charge in [0.2, 0.25) is 5.78 Å². The van der Waals surface area contributed by atoms with E-state index in [0.29, 0.717) is 33.6 Å². The van der Waals surface area contributed by atoms with Crippen molar-refractivity contribution in [1.82, 2.24) is 9.97 Å². The van der Waals surface area contributed by atoms with Crippen molar-refractivity contribution in [2.75, 3.05) is 4.90 Å². The van der Waals surface area contributed by atoms with E-state index in [1.165, 1.54) is 27.6 Å². The van der Waals surface area contributed by atoms with Crippen LogP contribution in [0.3, 0.4) is 0 Å². The predicted octanol–water partition coefficient (Wildman–Crippen LogP) is 7.04. The molecule has 2 aromatic heterocycles. The highest BCUT2D eigenvalue weighted by atomic mass is 32.1. The van der Waals surface area contributed by atoms with Crippen LogP contribution in [0, 0.1) is 20.8 Å². The van der Waals surface area contributed by atoms with Crippen LogP contribution in [-0.2, 0) is 11.4 Å². The molecule has 40 heavy (non-hydrogen) atoms. The molecule has 9 heteroatoms. The number of ether oxygens (including phenoxy) is 1. The summed E-state index contributed by atoms with van der Waals surface area (Å²) in [7, 11) is 0. The second-order valence-electron chi connectivity index (χ2n) is 9.63. The number of amides is 1. The number of nitrogens with zero attached hydrogens (tertiary/aromatic N) is 3. The highest BCUT2D eigenvalue weighted by Crippen LogP contribution is 2.45. The van der Waals surface area contributed by atoms with Gasteiger partial charge in [-0.3, -0.25) is 14.5 Å². The maximum absolute atomic E-state index is 13.9. The predicted molar refractivity (Wildman–Crippen MR) is 157 cm³/mol. The molecule has 200 valence electrons. The maximum atomic E-state index is 13.9. The number of benzene rings is 3. The summed E-state index contributed by atoms with van der Waals surface area (Å²) in [5, 5.41) is 12.3. The molecule has 0 radical (unpaired) electrons. The monoisotopic (exact) mass is 567 g/mol. The molecule has 0 saturated heterocycles. The van der Waals surface area contributed by atoms with Gasteiger partial charge in [0.1, 0.15) is 12.4 Å². The van der Waals surface area contributed by atoms with Crippen LogP contribution in [0.4, 0.5) is 5.13 Å². The van der Waals surface area contributed by atoms with Crippen LogP contribution in [0.25, 0.3) is 10.2 Å². The summed E-state index contributed by atoms with van der Waals surface area (Å²) in [6.07, 6.45) is 0. The number of ketones is 1. The van der Waals surface area contributed by atoms with Gasteiger partial charge in [-0.2, -0.15) is 0 Å². The number of carbonyl (C=O) groups excluding carboxylic acids is 2. The van der Waals surface area contributed by atoms with Gasteiger partial charge >= 0.3 is 0 Å². The number of hydrogen-bond donors (Lipinski definition) is 1. The Hall–Kier alpha value is -4.34. The molecule has 5 aromatic rings. The molecule has 0 aliphatic carbocycles. The van der Waals surface area contributed by atoms with E-state index in [-0.39, 0.29) is 5.57 Å². The number of aromatic nitrogens is 2. The standard InChI is InChI=1S/C31H25N3O4S2/c1-17-12-13-23-24(14-17)40-31(33-23)34-26(21-10-7-11-22(15-21)38-16-20-8-5-4-6-9-20)25(28(36)30(34)37)27(35)29-18(2)32-19(3)39-29/h4-15,26,36H,16H2,1-3H3. The Morgan fingerprint density at radius 2 is 1.77 bits per heavy atom. The molecule has 1 aliphatic heterocycles. The molecular formula is C31H25N3O4S2. The zero-order valence-corrected chi connectivity index (χ0v) is 23.7. The molecule has 7 nitrogen and oxygen atoms in total. The van der Waals surface area contributed by atoms with E-state index in [4.69, 9.17) is 9.72 Å². The van der Waals surface area contributed by atoms with Gasteiger partial charge < -0.3 is 9.84 Å². The Morgan fingerprint density at radius 3 is 2.52 bits per heavy atom. The molecule has 1 N–H and O–H groups in total. The lowest BCUT2D eigenvalue weighted by Gasteiger charge is -2.24. The molecule has 0 fully saturated rings. The van der Waals surface area contributed by atoms with Crippen molar-refractivity contribution < 1.29 is 19.4 Å².